The number of rotatable bonds is 7. The summed E-state index contributed by atoms with van der Waals surface area (Å²) in [4.78, 5) is 29.2. The Labute approximate surface area is 175 Å². The molecular weight excluding hydrogens is 420 g/mol. The molecule has 0 aliphatic carbocycles. The summed E-state index contributed by atoms with van der Waals surface area (Å²) in [7, 11) is 0. The maximum atomic E-state index is 12.5. The minimum atomic E-state index is -0.0414. The Morgan fingerprint density at radius 3 is 2.39 bits per heavy atom. The van der Waals surface area contributed by atoms with Crippen LogP contribution in [0.3, 0.4) is 0 Å². The molecule has 3 rings (SSSR count). The van der Waals surface area contributed by atoms with E-state index in [2.05, 4.69) is 44.5 Å². The first-order chi connectivity index (χ1) is 13.5. The van der Waals surface area contributed by atoms with Gasteiger partial charge in [-0.05, 0) is 48.9 Å². The first kappa shape index (κ1) is 21.2. The largest absolute Gasteiger partial charge is 0.338 e. The quantitative estimate of drug-likeness (QED) is 0.644. The molecule has 1 saturated heterocycles. The third kappa shape index (κ3) is 4.39. The summed E-state index contributed by atoms with van der Waals surface area (Å²) in [6, 6.07) is 1.84. The first-order valence-electron chi connectivity index (χ1n) is 10.3. The van der Waals surface area contributed by atoms with Crippen LogP contribution in [0.4, 0.5) is 5.95 Å². The Hall–Kier alpha value is -1.51. The SMILES string of the molecule is CCN(CC)CCN1CCN(c2nc(C)c3cc(Br)c(=O)n(CC)c3n2)CC1. The highest BCUT2D eigenvalue weighted by molar-refractivity contribution is 9.10. The van der Waals surface area contributed by atoms with Gasteiger partial charge >= 0.3 is 0 Å². The molecule has 0 atom stereocenters. The van der Waals surface area contributed by atoms with E-state index in [0.29, 0.717) is 11.0 Å². The standard InChI is InChI=1S/C20H31BrN6O/c1-5-24(6-2)8-9-25-10-12-26(13-11-25)20-22-15(4)16-14-17(21)19(28)27(7-3)18(16)23-20/h14H,5-13H2,1-4H3. The van der Waals surface area contributed by atoms with Gasteiger partial charge < -0.3 is 9.80 Å². The van der Waals surface area contributed by atoms with Gasteiger partial charge in [0, 0.05) is 51.2 Å². The van der Waals surface area contributed by atoms with Gasteiger partial charge in [-0.1, -0.05) is 13.8 Å². The number of halogens is 1. The van der Waals surface area contributed by atoms with Crippen LogP contribution in [0.25, 0.3) is 11.0 Å². The molecule has 0 saturated carbocycles. The van der Waals surface area contributed by atoms with Crippen LogP contribution in [0.5, 0.6) is 0 Å². The highest BCUT2D eigenvalue weighted by Crippen LogP contribution is 2.21. The van der Waals surface area contributed by atoms with Gasteiger partial charge in [-0.2, -0.15) is 4.98 Å². The van der Waals surface area contributed by atoms with Crippen molar-refractivity contribution in [3.05, 3.63) is 26.6 Å². The van der Waals surface area contributed by atoms with Gasteiger partial charge in [-0.3, -0.25) is 14.3 Å². The molecule has 28 heavy (non-hydrogen) atoms. The lowest BCUT2D eigenvalue weighted by atomic mass is 10.2. The molecule has 0 amide bonds. The van der Waals surface area contributed by atoms with Crippen LogP contribution in [0.1, 0.15) is 26.5 Å². The van der Waals surface area contributed by atoms with E-state index >= 15 is 0 Å². The number of likely N-dealkylation sites (N-methyl/N-ethyl adjacent to an activating group) is 1. The third-order valence-corrected chi connectivity index (χ3v) is 6.25. The summed E-state index contributed by atoms with van der Waals surface area (Å²) in [6.07, 6.45) is 0. The van der Waals surface area contributed by atoms with Gasteiger partial charge in [0.2, 0.25) is 5.95 Å². The second kappa shape index (κ2) is 9.33. The fraction of sp³-hybridized carbons (Fsp3) is 0.650. The molecule has 0 aromatic carbocycles. The molecule has 1 aliphatic rings. The van der Waals surface area contributed by atoms with Crippen molar-refractivity contribution >= 4 is 32.9 Å². The van der Waals surface area contributed by atoms with Crippen LogP contribution >= 0.6 is 15.9 Å². The highest BCUT2D eigenvalue weighted by Gasteiger charge is 2.21. The number of hydrogen-bond donors (Lipinski definition) is 0. The number of aromatic nitrogens is 3. The lowest BCUT2D eigenvalue weighted by Crippen LogP contribution is -2.49. The van der Waals surface area contributed by atoms with Gasteiger partial charge in [0.15, 0.2) is 0 Å². The average molecular weight is 451 g/mol. The van der Waals surface area contributed by atoms with Crippen LogP contribution in [-0.2, 0) is 6.54 Å². The second-order valence-corrected chi connectivity index (χ2v) is 8.10. The minimum absolute atomic E-state index is 0.0414. The maximum Gasteiger partial charge on any atom is 0.266 e. The van der Waals surface area contributed by atoms with Gasteiger partial charge in [0.05, 0.1) is 10.2 Å². The molecule has 2 aromatic rings. The zero-order valence-corrected chi connectivity index (χ0v) is 19.0. The molecule has 2 aromatic heterocycles. The summed E-state index contributed by atoms with van der Waals surface area (Å²) < 4.78 is 2.28. The number of hydrogen-bond acceptors (Lipinski definition) is 6. The molecule has 0 unspecified atom stereocenters. The normalized spacial score (nSPS) is 15.7. The summed E-state index contributed by atoms with van der Waals surface area (Å²) in [6.45, 7) is 17.3. The fourth-order valence-electron chi connectivity index (χ4n) is 3.77. The van der Waals surface area contributed by atoms with Crippen molar-refractivity contribution in [1.82, 2.24) is 24.3 Å². The zero-order chi connectivity index (χ0) is 20.3. The number of nitrogens with zero attached hydrogens (tertiary/aromatic N) is 6. The second-order valence-electron chi connectivity index (χ2n) is 7.24. The lowest BCUT2D eigenvalue weighted by Gasteiger charge is -2.35. The van der Waals surface area contributed by atoms with E-state index in [1.165, 1.54) is 0 Å². The lowest BCUT2D eigenvalue weighted by molar-refractivity contribution is 0.205. The van der Waals surface area contributed by atoms with Crippen molar-refractivity contribution in [3.8, 4) is 0 Å². The predicted molar refractivity (Wildman–Crippen MR) is 118 cm³/mol. The molecule has 0 bridgehead atoms. The Balaban J connectivity index is 1.76. The molecule has 0 radical (unpaired) electrons. The van der Waals surface area contributed by atoms with Crippen molar-refractivity contribution in [3.63, 3.8) is 0 Å². The number of piperazine rings is 1. The van der Waals surface area contributed by atoms with E-state index in [1.54, 1.807) is 4.57 Å². The van der Waals surface area contributed by atoms with Crippen molar-refractivity contribution in [2.45, 2.75) is 34.2 Å². The summed E-state index contributed by atoms with van der Waals surface area (Å²) >= 11 is 3.37. The number of pyridine rings is 1. The molecule has 1 fully saturated rings. The van der Waals surface area contributed by atoms with Crippen LogP contribution < -0.4 is 10.5 Å². The molecule has 0 N–H and O–H groups in total. The molecule has 0 spiro atoms. The highest BCUT2D eigenvalue weighted by atomic mass is 79.9. The molecule has 7 nitrogen and oxygen atoms in total. The van der Waals surface area contributed by atoms with Gasteiger partial charge in [-0.25, -0.2) is 4.98 Å². The van der Waals surface area contributed by atoms with Crippen molar-refractivity contribution in [2.75, 3.05) is 57.3 Å². The van der Waals surface area contributed by atoms with Crippen LogP contribution in [0.15, 0.2) is 15.3 Å². The third-order valence-electron chi connectivity index (χ3n) is 5.68. The van der Waals surface area contributed by atoms with E-state index in [0.717, 1.165) is 75.0 Å². The van der Waals surface area contributed by atoms with Gasteiger partial charge in [-0.15, -0.1) is 0 Å². The number of anilines is 1. The molecule has 8 heteroatoms. The summed E-state index contributed by atoms with van der Waals surface area (Å²) in [5.41, 5.74) is 1.59. The Morgan fingerprint density at radius 1 is 1.11 bits per heavy atom. The van der Waals surface area contributed by atoms with E-state index in [1.807, 2.05) is 19.9 Å². The van der Waals surface area contributed by atoms with Gasteiger partial charge in [0.25, 0.3) is 5.56 Å². The zero-order valence-electron chi connectivity index (χ0n) is 17.4. The van der Waals surface area contributed by atoms with Crippen molar-refractivity contribution in [2.24, 2.45) is 0 Å². The smallest absolute Gasteiger partial charge is 0.266 e. The van der Waals surface area contributed by atoms with Crippen LogP contribution in [0, 0.1) is 6.92 Å². The molecule has 154 valence electrons. The number of aryl methyl sites for hydroxylation is 2. The van der Waals surface area contributed by atoms with E-state index in [-0.39, 0.29) is 5.56 Å². The van der Waals surface area contributed by atoms with Crippen LogP contribution in [0.2, 0.25) is 0 Å². The van der Waals surface area contributed by atoms with E-state index in [9.17, 15) is 4.79 Å². The minimum Gasteiger partial charge on any atom is -0.338 e. The predicted octanol–water partition coefficient (Wildman–Crippen LogP) is 2.35. The van der Waals surface area contributed by atoms with Crippen LogP contribution in [-0.4, -0.2) is 76.7 Å². The van der Waals surface area contributed by atoms with Gasteiger partial charge in [0.1, 0.15) is 5.65 Å². The maximum absolute atomic E-state index is 12.5. The summed E-state index contributed by atoms with van der Waals surface area (Å²) in [5, 5.41) is 0.926. The molecule has 1 aliphatic heterocycles. The van der Waals surface area contributed by atoms with Crippen molar-refractivity contribution < 1.29 is 0 Å². The Morgan fingerprint density at radius 2 is 1.79 bits per heavy atom. The van der Waals surface area contributed by atoms with Crippen molar-refractivity contribution in [1.29, 1.82) is 0 Å². The molecular formula is C20H31BrN6O. The fourth-order valence-corrected chi connectivity index (χ4v) is 4.21. The first-order valence-corrected chi connectivity index (χ1v) is 11.0. The van der Waals surface area contributed by atoms with E-state index < -0.39 is 0 Å². The summed E-state index contributed by atoms with van der Waals surface area (Å²) in [5.74, 6) is 0.734. The Kier molecular flexibility index (Phi) is 7.06. The van der Waals surface area contributed by atoms with E-state index in [4.69, 9.17) is 9.97 Å². The monoisotopic (exact) mass is 450 g/mol. The average Bonchev–Trinajstić information content (AvgIpc) is 2.71. The molecule has 3 heterocycles. The Bertz CT molecular complexity index is 871. The number of fused-ring (bicyclic) bond motifs is 1. The topological polar surface area (TPSA) is 57.5 Å².